The standard InChI is InChI=1S/C20H19NO4S/c1-23-16-7-3-14(4-8-16)11-12-25-20(22)18-13-26-19(21-18)15-5-9-17(24-2)10-6-15/h3-10,13H,11-12H2,1-2H3. The second-order valence-corrected chi connectivity index (χ2v) is 6.36. The van der Waals surface area contributed by atoms with Crippen molar-refractivity contribution in [2.45, 2.75) is 6.42 Å². The number of hydrogen-bond donors (Lipinski definition) is 0. The molecule has 1 aromatic heterocycles. The first-order valence-electron chi connectivity index (χ1n) is 8.09. The quantitative estimate of drug-likeness (QED) is 0.584. The van der Waals surface area contributed by atoms with Crippen molar-refractivity contribution in [3.05, 3.63) is 65.2 Å². The summed E-state index contributed by atoms with van der Waals surface area (Å²) in [5.74, 6) is 1.18. The van der Waals surface area contributed by atoms with Crippen molar-refractivity contribution >= 4 is 17.3 Å². The number of ether oxygens (including phenoxy) is 3. The molecule has 0 atom stereocenters. The Morgan fingerprint density at radius 3 is 2.19 bits per heavy atom. The summed E-state index contributed by atoms with van der Waals surface area (Å²) in [5.41, 5.74) is 2.35. The third-order valence-electron chi connectivity index (χ3n) is 3.83. The Balaban J connectivity index is 1.55. The Kier molecular flexibility index (Phi) is 5.86. The van der Waals surface area contributed by atoms with E-state index >= 15 is 0 Å². The van der Waals surface area contributed by atoms with E-state index in [1.807, 2.05) is 48.5 Å². The number of carbonyl (C=O) groups is 1. The number of carbonyl (C=O) groups excluding carboxylic acids is 1. The van der Waals surface area contributed by atoms with Crippen LogP contribution in [0.4, 0.5) is 0 Å². The minimum atomic E-state index is -0.408. The first kappa shape index (κ1) is 17.9. The lowest BCUT2D eigenvalue weighted by Gasteiger charge is -2.04. The lowest BCUT2D eigenvalue weighted by Crippen LogP contribution is -2.08. The van der Waals surface area contributed by atoms with E-state index in [2.05, 4.69) is 4.98 Å². The van der Waals surface area contributed by atoms with Crippen LogP contribution in [0.25, 0.3) is 10.6 Å². The third-order valence-corrected chi connectivity index (χ3v) is 4.72. The average Bonchev–Trinajstić information content (AvgIpc) is 3.19. The minimum Gasteiger partial charge on any atom is -0.497 e. The van der Waals surface area contributed by atoms with Crippen LogP contribution in [0.3, 0.4) is 0 Å². The molecule has 0 radical (unpaired) electrons. The fourth-order valence-electron chi connectivity index (χ4n) is 2.36. The van der Waals surface area contributed by atoms with Crippen LogP contribution < -0.4 is 9.47 Å². The van der Waals surface area contributed by atoms with Crippen LogP contribution in [-0.4, -0.2) is 31.8 Å². The molecule has 6 heteroatoms. The highest BCUT2D eigenvalue weighted by molar-refractivity contribution is 7.13. The largest absolute Gasteiger partial charge is 0.497 e. The highest BCUT2D eigenvalue weighted by Gasteiger charge is 2.13. The molecule has 0 fully saturated rings. The van der Waals surface area contributed by atoms with Crippen LogP contribution in [0.5, 0.6) is 11.5 Å². The molecule has 0 N–H and O–H groups in total. The number of nitrogens with zero attached hydrogens (tertiary/aromatic N) is 1. The smallest absolute Gasteiger partial charge is 0.357 e. The molecule has 3 aromatic rings. The summed E-state index contributed by atoms with van der Waals surface area (Å²) in [6, 6.07) is 15.2. The Morgan fingerprint density at radius 2 is 1.58 bits per heavy atom. The highest BCUT2D eigenvalue weighted by Crippen LogP contribution is 2.26. The minimum absolute atomic E-state index is 0.306. The topological polar surface area (TPSA) is 57.7 Å². The zero-order valence-electron chi connectivity index (χ0n) is 14.6. The molecular formula is C20H19NO4S. The molecule has 0 bridgehead atoms. The first-order valence-corrected chi connectivity index (χ1v) is 8.97. The summed E-state index contributed by atoms with van der Waals surface area (Å²) in [5, 5.41) is 2.49. The van der Waals surface area contributed by atoms with Gasteiger partial charge in [-0.2, -0.15) is 0 Å². The maximum atomic E-state index is 12.2. The van der Waals surface area contributed by atoms with Crippen molar-refractivity contribution in [2.24, 2.45) is 0 Å². The van der Waals surface area contributed by atoms with Gasteiger partial charge in [0.15, 0.2) is 5.69 Å². The van der Waals surface area contributed by atoms with Crippen LogP contribution >= 0.6 is 11.3 Å². The second kappa shape index (κ2) is 8.49. The molecule has 1 heterocycles. The molecule has 26 heavy (non-hydrogen) atoms. The average molecular weight is 369 g/mol. The summed E-state index contributed by atoms with van der Waals surface area (Å²) in [4.78, 5) is 16.5. The molecule has 0 unspecified atom stereocenters. The van der Waals surface area contributed by atoms with Gasteiger partial charge in [0.2, 0.25) is 0 Å². The van der Waals surface area contributed by atoms with Gasteiger partial charge in [-0.15, -0.1) is 11.3 Å². The van der Waals surface area contributed by atoms with Crippen molar-refractivity contribution in [1.82, 2.24) is 4.98 Å². The predicted octanol–water partition coefficient (Wildman–Crippen LogP) is 4.23. The Hall–Kier alpha value is -2.86. The fourth-order valence-corrected chi connectivity index (χ4v) is 3.16. The van der Waals surface area contributed by atoms with Gasteiger partial charge in [-0.25, -0.2) is 9.78 Å². The number of rotatable bonds is 7. The summed E-state index contributed by atoms with van der Waals surface area (Å²) >= 11 is 1.41. The van der Waals surface area contributed by atoms with Crippen LogP contribution in [0.2, 0.25) is 0 Å². The zero-order valence-corrected chi connectivity index (χ0v) is 15.4. The Bertz CT molecular complexity index is 856. The molecule has 0 aliphatic rings. The normalized spacial score (nSPS) is 10.4. The zero-order chi connectivity index (χ0) is 18.4. The Morgan fingerprint density at radius 1 is 0.962 bits per heavy atom. The number of aromatic nitrogens is 1. The van der Waals surface area contributed by atoms with E-state index in [9.17, 15) is 4.79 Å². The van der Waals surface area contributed by atoms with Crippen LogP contribution in [0, 0.1) is 0 Å². The Labute approximate surface area is 156 Å². The summed E-state index contributed by atoms with van der Waals surface area (Å²) in [6.45, 7) is 0.306. The van der Waals surface area contributed by atoms with Gasteiger partial charge in [0.1, 0.15) is 16.5 Å². The van der Waals surface area contributed by atoms with Gasteiger partial charge in [0.05, 0.1) is 20.8 Å². The molecule has 0 saturated heterocycles. The molecule has 3 rings (SSSR count). The molecule has 5 nitrogen and oxygen atoms in total. The molecule has 0 spiro atoms. The molecule has 2 aromatic carbocycles. The van der Waals surface area contributed by atoms with Gasteiger partial charge < -0.3 is 14.2 Å². The molecule has 0 aliphatic carbocycles. The lowest BCUT2D eigenvalue weighted by molar-refractivity contribution is 0.0503. The maximum Gasteiger partial charge on any atom is 0.357 e. The SMILES string of the molecule is COc1ccc(CCOC(=O)c2csc(-c3ccc(OC)cc3)n2)cc1. The van der Waals surface area contributed by atoms with Crippen LogP contribution in [0.1, 0.15) is 16.1 Å². The van der Waals surface area contributed by atoms with E-state index < -0.39 is 5.97 Å². The van der Waals surface area contributed by atoms with Crippen molar-refractivity contribution in [3.63, 3.8) is 0 Å². The van der Waals surface area contributed by atoms with Gasteiger partial charge in [-0.3, -0.25) is 0 Å². The molecule has 134 valence electrons. The van der Waals surface area contributed by atoms with E-state index in [0.717, 1.165) is 27.6 Å². The van der Waals surface area contributed by atoms with E-state index in [4.69, 9.17) is 14.2 Å². The van der Waals surface area contributed by atoms with Crippen LogP contribution in [-0.2, 0) is 11.2 Å². The number of hydrogen-bond acceptors (Lipinski definition) is 6. The third kappa shape index (κ3) is 4.40. The van der Waals surface area contributed by atoms with E-state index in [-0.39, 0.29) is 0 Å². The van der Waals surface area contributed by atoms with Crippen molar-refractivity contribution in [2.75, 3.05) is 20.8 Å². The molecule has 0 amide bonds. The van der Waals surface area contributed by atoms with Gasteiger partial charge in [-0.1, -0.05) is 12.1 Å². The van der Waals surface area contributed by atoms with Crippen molar-refractivity contribution < 1.29 is 19.0 Å². The molecular weight excluding hydrogens is 350 g/mol. The van der Waals surface area contributed by atoms with E-state index in [1.54, 1.807) is 19.6 Å². The fraction of sp³-hybridized carbons (Fsp3) is 0.200. The van der Waals surface area contributed by atoms with Gasteiger partial charge in [0, 0.05) is 17.4 Å². The van der Waals surface area contributed by atoms with Crippen LogP contribution in [0.15, 0.2) is 53.9 Å². The van der Waals surface area contributed by atoms with E-state index in [1.165, 1.54) is 11.3 Å². The first-order chi connectivity index (χ1) is 12.7. The number of benzene rings is 2. The second-order valence-electron chi connectivity index (χ2n) is 5.50. The monoisotopic (exact) mass is 369 g/mol. The van der Waals surface area contributed by atoms with Gasteiger partial charge >= 0.3 is 5.97 Å². The molecule has 0 aliphatic heterocycles. The summed E-state index contributed by atoms with van der Waals surface area (Å²) in [6.07, 6.45) is 0.644. The number of methoxy groups -OCH3 is 2. The maximum absolute atomic E-state index is 12.2. The van der Waals surface area contributed by atoms with Gasteiger partial charge in [0.25, 0.3) is 0 Å². The predicted molar refractivity (Wildman–Crippen MR) is 101 cm³/mol. The van der Waals surface area contributed by atoms with Gasteiger partial charge in [-0.05, 0) is 42.0 Å². The number of thiazole rings is 1. The summed E-state index contributed by atoms with van der Waals surface area (Å²) < 4.78 is 15.6. The summed E-state index contributed by atoms with van der Waals surface area (Å²) in [7, 11) is 3.25. The number of esters is 1. The molecule has 0 saturated carbocycles. The lowest BCUT2D eigenvalue weighted by atomic mass is 10.1. The van der Waals surface area contributed by atoms with E-state index in [0.29, 0.717) is 18.7 Å². The van der Waals surface area contributed by atoms with Crippen molar-refractivity contribution in [1.29, 1.82) is 0 Å². The van der Waals surface area contributed by atoms with Crippen molar-refractivity contribution in [3.8, 4) is 22.1 Å². The highest BCUT2D eigenvalue weighted by atomic mass is 32.1.